The van der Waals surface area contributed by atoms with E-state index in [9.17, 15) is 0 Å². The molecule has 0 aromatic carbocycles. The van der Waals surface area contributed by atoms with Crippen LogP contribution in [0.25, 0.3) is 0 Å². The van der Waals surface area contributed by atoms with E-state index in [-0.39, 0.29) is 0 Å². The van der Waals surface area contributed by atoms with Crippen molar-refractivity contribution in [1.82, 2.24) is 9.80 Å². The molecule has 2 aliphatic rings. The Morgan fingerprint density at radius 1 is 1.14 bits per heavy atom. The average molecular weight is 195 g/mol. The van der Waals surface area contributed by atoms with Crippen LogP contribution in [0.1, 0.15) is 26.7 Å². The molecule has 0 amide bonds. The molecule has 1 N–H and O–H groups in total. The maximum atomic E-state index is 7.93. The van der Waals surface area contributed by atoms with Gasteiger partial charge in [0.2, 0.25) is 0 Å². The summed E-state index contributed by atoms with van der Waals surface area (Å²) in [6.07, 6.45) is 2.81. The second-order valence-electron chi connectivity index (χ2n) is 4.79. The van der Waals surface area contributed by atoms with Gasteiger partial charge >= 0.3 is 0 Å². The Morgan fingerprint density at radius 2 is 1.71 bits per heavy atom. The third kappa shape index (κ3) is 2.08. The molecule has 14 heavy (non-hydrogen) atoms. The van der Waals surface area contributed by atoms with Crippen molar-refractivity contribution in [3.63, 3.8) is 0 Å². The molecule has 0 radical (unpaired) electrons. The van der Waals surface area contributed by atoms with Gasteiger partial charge < -0.3 is 4.90 Å². The van der Waals surface area contributed by atoms with Gasteiger partial charge in [0.05, 0.1) is 5.84 Å². The third-order valence-electron chi connectivity index (χ3n) is 3.27. The minimum Gasteiger partial charge on any atom is -0.358 e. The minimum atomic E-state index is 0.377. The summed E-state index contributed by atoms with van der Waals surface area (Å²) in [7, 11) is 0. The van der Waals surface area contributed by atoms with Crippen LogP contribution in [0.2, 0.25) is 0 Å². The van der Waals surface area contributed by atoms with Crippen LogP contribution >= 0.6 is 0 Å². The summed E-state index contributed by atoms with van der Waals surface area (Å²) in [4.78, 5) is 4.83. The molecule has 1 aliphatic heterocycles. The largest absolute Gasteiger partial charge is 0.358 e. The van der Waals surface area contributed by atoms with E-state index < -0.39 is 0 Å². The molecule has 3 heteroatoms. The predicted molar refractivity (Wildman–Crippen MR) is 58.7 cm³/mol. The SMILES string of the molecule is CC(C)C(=N)N1CCN(C2CC2)CC1. The normalized spacial score (nSPS) is 24.4. The summed E-state index contributed by atoms with van der Waals surface area (Å²) < 4.78 is 0. The number of nitrogens with one attached hydrogen (secondary N) is 1. The highest BCUT2D eigenvalue weighted by atomic mass is 15.3. The Kier molecular flexibility index (Phi) is 2.77. The first-order chi connectivity index (χ1) is 6.68. The highest BCUT2D eigenvalue weighted by molar-refractivity contribution is 5.81. The first-order valence-corrected chi connectivity index (χ1v) is 5.76. The van der Waals surface area contributed by atoms with E-state index >= 15 is 0 Å². The fourth-order valence-electron chi connectivity index (χ4n) is 2.13. The van der Waals surface area contributed by atoms with E-state index in [0.29, 0.717) is 5.92 Å². The van der Waals surface area contributed by atoms with Gasteiger partial charge in [0.25, 0.3) is 0 Å². The Labute approximate surface area is 86.6 Å². The maximum Gasteiger partial charge on any atom is 0.0984 e. The number of piperazine rings is 1. The van der Waals surface area contributed by atoms with Crippen LogP contribution in [0.4, 0.5) is 0 Å². The van der Waals surface area contributed by atoms with Crippen molar-refractivity contribution in [2.24, 2.45) is 5.92 Å². The molecule has 1 saturated carbocycles. The monoisotopic (exact) mass is 195 g/mol. The third-order valence-corrected chi connectivity index (χ3v) is 3.27. The van der Waals surface area contributed by atoms with Crippen molar-refractivity contribution in [3.05, 3.63) is 0 Å². The zero-order valence-electron chi connectivity index (χ0n) is 9.29. The summed E-state index contributed by atoms with van der Waals surface area (Å²) in [5.74, 6) is 1.20. The van der Waals surface area contributed by atoms with E-state index in [1.807, 2.05) is 0 Å². The highest BCUT2D eigenvalue weighted by Crippen LogP contribution is 2.27. The maximum absolute atomic E-state index is 7.93. The molecule has 3 nitrogen and oxygen atoms in total. The van der Waals surface area contributed by atoms with Crippen molar-refractivity contribution in [2.45, 2.75) is 32.7 Å². The molecule has 2 rings (SSSR count). The van der Waals surface area contributed by atoms with E-state index in [4.69, 9.17) is 5.41 Å². The van der Waals surface area contributed by atoms with E-state index in [0.717, 1.165) is 25.0 Å². The second-order valence-corrected chi connectivity index (χ2v) is 4.79. The van der Waals surface area contributed by atoms with Crippen molar-refractivity contribution in [1.29, 1.82) is 5.41 Å². The van der Waals surface area contributed by atoms with Crippen molar-refractivity contribution >= 4 is 5.84 Å². The topological polar surface area (TPSA) is 30.3 Å². The first-order valence-electron chi connectivity index (χ1n) is 5.76. The van der Waals surface area contributed by atoms with Gasteiger partial charge in [-0.05, 0) is 12.8 Å². The van der Waals surface area contributed by atoms with Crippen LogP contribution in [0.3, 0.4) is 0 Å². The summed E-state index contributed by atoms with van der Waals surface area (Å²) in [6.45, 7) is 8.67. The van der Waals surface area contributed by atoms with Gasteiger partial charge in [-0.2, -0.15) is 0 Å². The van der Waals surface area contributed by atoms with Crippen LogP contribution < -0.4 is 0 Å². The van der Waals surface area contributed by atoms with Crippen molar-refractivity contribution in [3.8, 4) is 0 Å². The number of nitrogens with zero attached hydrogens (tertiary/aromatic N) is 2. The average Bonchev–Trinajstić information content (AvgIpc) is 3.00. The van der Waals surface area contributed by atoms with Crippen molar-refractivity contribution in [2.75, 3.05) is 26.2 Å². The molecule has 0 bridgehead atoms. The summed E-state index contributed by atoms with van der Waals surface area (Å²) in [5.41, 5.74) is 0. The number of amidine groups is 1. The van der Waals surface area contributed by atoms with Crippen LogP contribution in [0.5, 0.6) is 0 Å². The highest BCUT2D eigenvalue weighted by Gasteiger charge is 2.31. The van der Waals surface area contributed by atoms with E-state index in [1.54, 1.807) is 0 Å². The van der Waals surface area contributed by atoms with Crippen LogP contribution in [0.15, 0.2) is 0 Å². The van der Waals surface area contributed by atoms with Gasteiger partial charge in [0, 0.05) is 38.1 Å². The fourth-order valence-corrected chi connectivity index (χ4v) is 2.13. The minimum absolute atomic E-state index is 0.377. The summed E-state index contributed by atoms with van der Waals surface area (Å²) >= 11 is 0. The Balaban J connectivity index is 1.80. The van der Waals surface area contributed by atoms with Crippen LogP contribution in [0, 0.1) is 11.3 Å². The molecule has 0 aromatic rings. The molecule has 1 heterocycles. The standard InChI is InChI=1S/C11H21N3/c1-9(2)11(12)14-7-5-13(6-8-14)10-3-4-10/h9-10,12H,3-8H2,1-2H3. The quantitative estimate of drug-likeness (QED) is 0.533. The van der Waals surface area contributed by atoms with Gasteiger partial charge in [0.15, 0.2) is 0 Å². The molecular formula is C11H21N3. The smallest absolute Gasteiger partial charge is 0.0984 e. The molecule has 2 fully saturated rings. The van der Waals surface area contributed by atoms with Gasteiger partial charge in [-0.25, -0.2) is 0 Å². The fraction of sp³-hybridized carbons (Fsp3) is 0.909. The number of rotatable bonds is 2. The molecule has 0 atom stereocenters. The first kappa shape index (κ1) is 9.97. The Hall–Kier alpha value is -0.570. The van der Waals surface area contributed by atoms with Gasteiger partial charge in [-0.1, -0.05) is 13.8 Å². The number of hydrogen-bond donors (Lipinski definition) is 1. The molecular weight excluding hydrogens is 174 g/mol. The lowest BCUT2D eigenvalue weighted by Crippen LogP contribution is -2.50. The second kappa shape index (κ2) is 3.89. The van der Waals surface area contributed by atoms with Gasteiger partial charge in [-0.15, -0.1) is 0 Å². The Bertz CT molecular complexity index is 213. The lowest BCUT2D eigenvalue weighted by Gasteiger charge is -2.37. The van der Waals surface area contributed by atoms with Crippen LogP contribution in [-0.4, -0.2) is 47.9 Å². The molecule has 80 valence electrons. The van der Waals surface area contributed by atoms with Gasteiger partial charge in [0.1, 0.15) is 0 Å². The van der Waals surface area contributed by atoms with Gasteiger partial charge in [-0.3, -0.25) is 10.3 Å². The molecule has 1 saturated heterocycles. The van der Waals surface area contributed by atoms with E-state index in [1.165, 1.54) is 25.9 Å². The summed E-state index contributed by atoms with van der Waals surface area (Å²) in [5, 5.41) is 7.93. The Morgan fingerprint density at radius 3 is 2.14 bits per heavy atom. The number of hydrogen-bond acceptors (Lipinski definition) is 2. The van der Waals surface area contributed by atoms with Crippen LogP contribution in [-0.2, 0) is 0 Å². The zero-order chi connectivity index (χ0) is 10.1. The molecule has 0 spiro atoms. The van der Waals surface area contributed by atoms with E-state index in [2.05, 4.69) is 23.6 Å². The summed E-state index contributed by atoms with van der Waals surface area (Å²) in [6, 6.07) is 0.894. The lowest BCUT2D eigenvalue weighted by molar-refractivity contribution is 0.170. The van der Waals surface area contributed by atoms with Crippen molar-refractivity contribution < 1.29 is 0 Å². The molecule has 0 unspecified atom stereocenters. The molecule has 0 aromatic heterocycles. The zero-order valence-corrected chi connectivity index (χ0v) is 9.29. The predicted octanol–water partition coefficient (Wildman–Crippen LogP) is 1.40. The molecule has 1 aliphatic carbocycles. The lowest BCUT2D eigenvalue weighted by atomic mass is 10.1.